The summed E-state index contributed by atoms with van der Waals surface area (Å²) >= 11 is 0. The molecule has 6 nitrogen and oxygen atoms in total. The van der Waals surface area contributed by atoms with Gasteiger partial charge in [0.25, 0.3) is 0 Å². The average Bonchev–Trinajstić information content (AvgIpc) is 2.58. The molecule has 25 heavy (non-hydrogen) atoms. The predicted octanol–water partition coefficient (Wildman–Crippen LogP) is 2.24. The third kappa shape index (κ3) is 4.95. The summed E-state index contributed by atoms with van der Waals surface area (Å²) in [4.78, 5) is 12.7. The van der Waals surface area contributed by atoms with Gasteiger partial charge in [-0.15, -0.1) is 0 Å². The number of hydrogen-bond acceptors (Lipinski definition) is 4. The number of nitrogens with zero attached hydrogens (tertiary/aromatic N) is 1. The van der Waals surface area contributed by atoms with E-state index in [2.05, 4.69) is 5.32 Å². The molecule has 0 aromatic heterocycles. The summed E-state index contributed by atoms with van der Waals surface area (Å²) < 4.78 is 30.2. The van der Waals surface area contributed by atoms with Crippen LogP contribution in [-0.4, -0.2) is 45.1 Å². The first-order valence-electron chi connectivity index (χ1n) is 8.66. The number of aryl methyl sites for hydroxylation is 1. The summed E-state index contributed by atoms with van der Waals surface area (Å²) in [5.41, 5.74) is 2.05. The van der Waals surface area contributed by atoms with Gasteiger partial charge < -0.3 is 10.1 Å². The second kappa shape index (κ2) is 8.19. The van der Waals surface area contributed by atoms with Crippen molar-refractivity contribution in [3.8, 4) is 5.75 Å². The molecular weight excluding hydrogens is 340 g/mol. The van der Waals surface area contributed by atoms with Gasteiger partial charge in [0.15, 0.2) is 0 Å². The molecule has 140 valence electrons. The van der Waals surface area contributed by atoms with Crippen LogP contribution < -0.4 is 10.1 Å². The number of rotatable bonds is 6. The topological polar surface area (TPSA) is 75.7 Å². The SMILES string of the molecule is CC[C@@H](NC(=O)[C@H]1CCCN(S(C)(=O)=O)C1)c1ccc(OC)c(C)c1. The van der Waals surface area contributed by atoms with Crippen molar-refractivity contribution in [1.82, 2.24) is 9.62 Å². The highest BCUT2D eigenvalue weighted by Crippen LogP contribution is 2.25. The van der Waals surface area contributed by atoms with E-state index in [1.54, 1.807) is 7.11 Å². The maximum absolute atomic E-state index is 12.7. The van der Waals surface area contributed by atoms with Gasteiger partial charge in [-0.05, 0) is 43.4 Å². The molecule has 1 aromatic carbocycles. The minimum atomic E-state index is -3.25. The van der Waals surface area contributed by atoms with E-state index in [-0.39, 0.29) is 24.4 Å². The number of ether oxygens (including phenoxy) is 1. The maximum Gasteiger partial charge on any atom is 0.224 e. The van der Waals surface area contributed by atoms with Crippen LogP contribution >= 0.6 is 0 Å². The van der Waals surface area contributed by atoms with Crippen LogP contribution in [0.5, 0.6) is 5.75 Å². The van der Waals surface area contributed by atoms with Crippen molar-refractivity contribution in [3.05, 3.63) is 29.3 Å². The molecule has 2 rings (SSSR count). The lowest BCUT2D eigenvalue weighted by atomic mass is 9.96. The third-order valence-corrected chi connectivity index (χ3v) is 6.04. The summed E-state index contributed by atoms with van der Waals surface area (Å²) in [6, 6.07) is 5.80. The number of methoxy groups -OCH3 is 1. The van der Waals surface area contributed by atoms with Crippen molar-refractivity contribution in [1.29, 1.82) is 0 Å². The zero-order chi connectivity index (χ0) is 18.6. The Morgan fingerprint density at radius 1 is 1.44 bits per heavy atom. The van der Waals surface area contributed by atoms with Crippen LogP contribution in [-0.2, 0) is 14.8 Å². The normalized spacial score (nSPS) is 20.1. The van der Waals surface area contributed by atoms with Crippen molar-refractivity contribution >= 4 is 15.9 Å². The first-order valence-corrected chi connectivity index (χ1v) is 10.5. The molecular formula is C18H28N2O4S. The molecule has 0 saturated carbocycles. The quantitative estimate of drug-likeness (QED) is 0.835. The number of nitrogens with one attached hydrogen (secondary N) is 1. The summed E-state index contributed by atoms with van der Waals surface area (Å²) in [5, 5.41) is 3.09. The molecule has 1 aliphatic rings. The molecule has 1 aliphatic heterocycles. The molecule has 1 heterocycles. The minimum absolute atomic E-state index is 0.0753. The largest absolute Gasteiger partial charge is 0.496 e. The van der Waals surface area contributed by atoms with E-state index in [0.29, 0.717) is 13.0 Å². The highest BCUT2D eigenvalue weighted by molar-refractivity contribution is 7.88. The van der Waals surface area contributed by atoms with Gasteiger partial charge in [0.1, 0.15) is 5.75 Å². The van der Waals surface area contributed by atoms with Gasteiger partial charge >= 0.3 is 0 Å². The van der Waals surface area contributed by atoms with Crippen LogP contribution in [0.4, 0.5) is 0 Å². The molecule has 7 heteroatoms. The van der Waals surface area contributed by atoms with E-state index in [4.69, 9.17) is 4.74 Å². The molecule has 2 atom stereocenters. The molecule has 0 spiro atoms. The summed E-state index contributed by atoms with van der Waals surface area (Å²) in [6.07, 6.45) is 3.39. The molecule has 0 unspecified atom stereocenters. The van der Waals surface area contributed by atoms with E-state index < -0.39 is 10.0 Å². The molecule has 1 N–H and O–H groups in total. The number of carbonyl (C=O) groups is 1. The Bertz CT molecular complexity index is 718. The molecule has 0 aliphatic carbocycles. The van der Waals surface area contributed by atoms with Crippen molar-refractivity contribution in [2.75, 3.05) is 26.5 Å². The first-order chi connectivity index (χ1) is 11.8. The smallest absolute Gasteiger partial charge is 0.224 e. The summed E-state index contributed by atoms with van der Waals surface area (Å²) in [5.74, 6) is 0.451. The number of hydrogen-bond donors (Lipinski definition) is 1. The number of benzene rings is 1. The molecule has 1 amide bonds. The summed E-state index contributed by atoms with van der Waals surface area (Å²) in [6.45, 7) is 4.76. The lowest BCUT2D eigenvalue weighted by Crippen LogP contribution is -2.45. The van der Waals surface area contributed by atoms with Gasteiger partial charge in [0.05, 0.1) is 25.3 Å². The number of amides is 1. The van der Waals surface area contributed by atoms with Crippen molar-refractivity contribution in [2.24, 2.45) is 5.92 Å². The zero-order valence-corrected chi connectivity index (χ0v) is 16.2. The van der Waals surface area contributed by atoms with Gasteiger partial charge in [-0.3, -0.25) is 4.79 Å². The standard InChI is InChI=1S/C18H28N2O4S/c1-5-16(14-8-9-17(24-3)13(2)11-14)19-18(21)15-7-6-10-20(12-15)25(4,22)23/h8-9,11,15-16H,5-7,10,12H2,1-4H3,(H,19,21)/t15-,16+/m0/s1. The lowest BCUT2D eigenvalue weighted by Gasteiger charge is -2.31. The Kier molecular flexibility index (Phi) is 6.46. The highest BCUT2D eigenvalue weighted by Gasteiger charge is 2.31. The van der Waals surface area contributed by atoms with E-state index in [9.17, 15) is 13.2 Å². The van der Waals surface area contributed by atoms with E-state index in [1.165, 1.54) is 10.6 Å². The molecule has 1 fully saturated rings. The van der Waals surface area contributed by atoms with Crippen LogP contribution in [0, 0.1) is 12.8 Å². The molecule has 1 saturated heterocycles. The monoisotopic (exact) mass is 368 g/mol. The second-order valence-corrected chi connectivity index (χ2v) is 8.64. The van der Waals surface area contributed by atoms with Crippen LogP contribution in [0.2, 0.25) is 0 Å². The number of piperidine rings is 1. The van der Waals surface area contributed by atoms with Crippen LogP contribution in [0.25, 0.3) is 0 Å². The third-order valence-electron chi connectivity index (χ3n) is 4.77. The maximum atomic E-state index is 12.7. The van der Waals surface area contributed by atoms with Crippen LogP contribution in [0.1, 0.15) is 43.4 Å². The van der Waals surface area contributed by atoms with Gasteiger partial charge in [-0.2, -0.15) is 0 Å². The second-order valence-electron chi connectivity index (χ2n) is 6.66. The van der Waals surface area contributed by atoms with Gasteiger partial charge in [0, 0.05) is 13.1 Å². The van der Waals surface area contributed by atoms with Crippen molar-refractivity contribution in [3.63, 3.8) is 0 Å². The van der Waals surface area contributed by atoms with Gasteiger partial charge in [-0.25, -0.2) is 12.7 Å². The van der Waals surface area contributed by atoms with E-state index in [1.807, 2.05) is 32.0 Å². The Hall–Kier alpha value is -1.60. The Morgan fingerprint density at radius 2 is 2.16 bits per heavy atom. The average molecular weight is 368 g/mol. The fourth-order valence-electron chi connectivity index (χ4n) is 3.29. The fraction of sp³-hybridized carbons (Fsp3) is 0.611. The molecule has 0 bridgehead atoms. The van der Waals surface area contributed by atoms with Crippen molar-refractivity contribution < 1.29 is 17.9 Å². The van der Waals surface area contributed by atoms with Crippen molar-refractivity contribution in [2.45, 2.75) is 39.2 Å². The number of carbonyl (C=O) groups excluding carboxylic acids is 1. The number of sulfonamides is 1. The van der Waals surface area contributed by atoms with E-state index in [0.717, 1.165) is 29.7 Å². The zero-order valence-electron chi connectivity index (χ0n) is 15.4. The highest BCUT2D eigenvalue weighted by atomic mass is 32.2. The van der Waals surface area contributed by atoms with Crippen LogP contribution in [0.3, 0.4) is 0 Å². The summed E-state index contributed by atoms with van der Waals surface area (Å²) in [7, 11) is -1.62. The molecule has 0 radical (unpaired) electrons. The lowest BCUT2D eigenvalue weighted by molar-refractivity contribution is -0.126. The fourth-order valence-corrected chi connectivity index (χ4v) is 4.20. The van der Waals surface area contributed by atoms with E-state index >= 15 is 0 Å². The predicted molar refractivity (Wildman–Crippen MR) is 98.0 cm³/mol. The van der Waals surface area contributed by atoms with Gasteiger partial charge in [-0.1, -0.05) is 19.1 Å². The Labute approximate surface area is 150 Å². The van der Waals surface area contributed by atoms with Gasteiger partial charge in [0.2, 0.25) is 15.9 Å². The first kappa shape index (κ1) is 19.7. The van der Waals surface area contributed by atoms with Crippen LogP contribution in [0.15, 0.2) is 18.2 Å². The minimum Gasteiger partial charge on any atom is -0.496 e. The Morgan fingerprint density at radius 3 is 2.72 bits per heavy atom. The Balaban J connectivity index is 2.08. The molecule has 1 aromatic rings.